The molecule has 2 heterocycles. The molecule has 0 amide bonds. The summed E-state index contributed by atoms with van der Waals surface area (Å²) in [6, 6.07) is -1.77. The van der Waals surface area contributed by atoms with Gasteiger partial charge in [0.2, 0.25) is 10.0 Å². The van der Waals surface area contributed by atoms with E-state index in [1.54, 1.807) is 0 Å². The van der Waals surface area contributed by atoms with Crippen molar-refractivity contribution < 1.29 is 41.7 Å². The highest BCUT2D eigenvalue weighted by molar-refractivity contribution is 7.90. The van der Waals surface area contributed by atoms with Gasteiger partial charge in [0, 0.05) is 25.6 Å². The van der Waals surface area contributed by atoms with Crippen LogP contribution in [-0.2, 0) is 43.4 Å². The van der Waals surface area contributed by atoms with Crippen molar-refractivity contribution in [3.63, 3.8) is 0 Å². The number of H-pyrrole nitrogens is 1. The van der Waals surface area contributed by atoms with Crippen LogP contribution in [0.15, 0.2) is 15.8 Å². The Balaban J connectivity index is 2.70. The average Bonchev–Trinajstić information content (AvgIpc) is 3.04. The lowest BCUT2D eigenvalue weighted by molar-refractivity contribution is -0.166. The van der Waals surface area contributed by atoms with Crippen LogP contribution in [0.5, 0.6) is 0 Å². The summed E-state index contributed by atoms with van der Waals surface area (Å²) < 4.78 is 48.6. The highest BCUT2D eigenvalue weighted by Gasteiger charge is 2.56. The topological polar surface area (TPSA) is 189 Å². The van der Waals surface area contributed by atoms with E-state index in [0.29, 0.717) is 0 Å². The van der Waals surface area contributed by atoms with Crippen molar-refractivity contribution >= 4 is 27.9 Å². The van der Waals surface area contributed by atoms with Gasteiger partial charge in [-0.25, -0.2) is 13.2 Å². The lowest BCUT2D eigenvalue weighted by Crippen LogP contribution is -2.57. The van der Waals surface area contributed by atoms with Gasteiger partial charge >= 0.3 is 23.6 Å². The van der Waals surface area contributed by atoms with E-state index in [2.05, 4.69) is 9.71 Å². The molecule has 14 nitrogen and oxygen atoms in total. The third-order valence-electron chi connectivity index (χ3n) is 5.12. The zero-order valence-corrected chi connectivity index (χ0v) is 21.1. The zero-order chi connectivity index (χ0) is 26.9. The van der Waals surface area contributed by atoms with E-state index in [1.807, 2.05) is 0 Å². The number of esters is 3. The molecule has 0 bridgehead atoms. The van der Waals surface area contributed by atoms with Crippen LogP contribution >= 0.6 is 0 Å². The van der Waals surface area contributed by atoms with Crippen LogP contribution in [0.2, 0.25) is 0 Å². The summed E-state index contributed by atoms with van der Waals surface area (Å²) in [6.45, 7) is 7.65. The van der Waals surface area contributed by atoms with Crippen LogP contribution in [0.25, 0.3) is 0 Å². The molecular weight excluding hydrogens is 490 g/mol. The third kappa shape index (κ3) is 6.15. The molecule has 0 unspecified atom stereocenters. The number of carbonyl (C=O) groups excluding carboxylic acids is 3. The number of carbonyl (C=O) groups is 3. The fraction of sp³-hybridized carbons (Fsp3) is 0.650. The number of sulfonamides is 1. The molecule has 0 saturated carbocycles. The molecule has 0 aromatic carbocycles. The molecule has 5 atom stereocenters. The van der Waals surface area contributed by atoms with Gasteiger partial charge < -0.3 is 18.9 Å². The molecular formula is C20H29N3O11S. The Morgan fingerprint density at radius 1 is 1.11 bits per heavy atom. The summed E-state index contributed by atoms with van der Waals surface area (Å²) in [7, 11) is -3.17. The first kappa shape index (κ1) is 28.2. The predicted octanol–water partition coefficient (Wildman–Crippen LogP) is -1.13. The third-order valence-corrected chi connectivity index (χ3v) is 7.30. The van der Waals surface area contributed by atoms with Crippen LogP contribution in [-0.4, -0.2) is 72.1 Å². The highest BCUT2D eigenvalue weighted by Crippen LogP contribution is 2.35. The van der Waals surface area contributed by atoms with E-state index in [9.17, 15) is 32.4 Å². The Bertz CT molecular complexity index is 1210. The normalized spacial score (nSPS) is 23.4. The van der Waals surface area contributed by atoms with Crippen LogP contribution < -0.4 is 16.0 Å². The van der Waals surface area contributed by atoms with Gasteiger partial charge in [0.1, 0.15) is 12.1 Å². The van der Waals surface area contributed by atoms with Gasteiger partial charge in [0.15, 0.2) is 18.4 Å². The van der Waals surface area contributed by atoms with Gasteiger partial charge in [-0.05, 0) is 27.7 Å². The summed E-state index contributed by atoms with van der Waals surface area (Å²) in [6.07, 6.45) is -5.04. The van der Waals surface area contributed by atoms with Crippen molar-refractivity contribution in [3.05, 3.63) is 32.6 Å². The number of aromatic amines is 1. The molecule has 1 aromatic rings. The van der Waals surface area contributed by atoms with Crippen LogP contribution in [0, 0.1) is 6.92 Å². The van der Waals surface area contributed by atoms with E-state index < -0.39 is 74.5 Å². The van der Waals surface area contributed by atoms with Crippen molar-refractivity contribution in [1.82, 2.24) is 14.3 Å². The Morgan fingerprint density at radius 2 is 1.66 bits per heavy atom. The van der Waals surface area contributed by atoms with Gasteiger partial charge in [0.05, 0.1) is 11.9 Å². The molecule has 1 aliphatic heterocycles. The molecule has 1 fully saturated rings. The number of hydrogen-bond donors (Lipinski definition) is 2. The van der Waals surface area contributed by atoms with Gasteiger partial charge in [-0.15, -0.1) is 0 Å². The first-order valence-corrected chi connectivity index (χ1v) is 11.9. The second-order valence-corrected chi connectivity index (χ2v) is 11.3. The SMILES string of the molecule is COC(=O)[C@@H](NS(=O)(=O)C(C)(C)C)[C@H]1O[C@@H](n2cc(C)c(=O)[nH]c2=O)[C@H](OC(C)=O)[C@@H]1OC(C)=O. The smallest absolute Gasteiger partial charge is 0.330 e. The molecule has 1 aromatic heterocycles. The largest absolute Gasteiger partial charge is 0.468 e. The number of rotatable bonds is 7. The van der Waals surface area contributed by atoms with Crippen LogP contribution in [0.3, 0.4) is 0 Å². The van der Waals surface area contributed by atoms with Crippen molar-refractivity contribution in [2.75, 3.05) is 7.11 Å². The zero-order valence-electron chi connectivity index (χ0n) is 20.3. The van der Waals surface area contributed by atoms with Crippen molar-refractivity contribution in [3.8, 4) is 0 Å². The second-order valence-electron chi connectivity index (χ2n) is 8.85. The molecule has 0 radical (unpaired) electrons. The van der Waals surface area contributed by atoms with Gasteiger partial charge in [-0.1, -0.05) is 0 Å². The number of nitrogens with zero attached hydrogens (tertiary/aromatic N) is 1. The van der Waals surface area contributed by atoms with E-state index in [-0.39, 0.29) is 5.56 Å². The Hall–Kier alpha value is -3.04. The quantitative estimate of drug-likeness (QED) is 0.327. The molecule has 35 heavy (non-hydrogen) atoms. The monoisotopic (exact) mass is 519 g/mol. The Morgan fingerprint density at radius 3 is 2.14 bits per heavy atom. The fourth-order valence-electron chi connectivity index (χ4n) is 3.30. The molecule has 1 saturated heterocycles. The number of methoxy groups -OCH3 is 1. The minimum atomic E-state index is -4.18. The fourth-order valence-corrected chi connectivity index (χ4v) is 4.21. The minimum Gasteiger partial charge on any atom is -0.468 e. The average molecular weight is 520 g/mol. The van der Waals surface area contributed by atoms with Crippen LogP contribution in [0.4, 0.5) is 0 Å². The van der Waals surface area contributed by atoms with E-state index in [1.165, 1.54) is 27.7 Å². The number of ether oxygens (including phenoxy) is 4. The predicted molar refractivity (Wildman–Crippen MR) is 119 cm³/mol. The lowest BCUT2D eigenvalue weighted by Gasteiger charge is -2.29. The second kappa shape index (κ2) is 10.3. The molecule has 2 rings (SSSR count). The van der Waals surface area contributed by atoms with Crippen molar-refractivity contribution in [2.24, 2.45) is 0 Å². The molecule has 0 aliphatic carbocycles. The van der Waals surface area contributed by atoms with Crippen LogP contribution in [0.1, 0.15) is 46.4 Å². The Kier molecular flexibility index (Phi) is 8.29. The van der Waals surface area contributed by atoms with Gasteiger partial charge in [-0.3, -0.25) is 28.7 Å². The van der Waals surface area contributed by atoms with E-state index in [4.69, 9.17) is 18.9 Å². The number of aromatic nitrogens is 2. The Labute approximate surface area is 200 Å². The van der Waals surface area contributed by atoms with Crippen molar-refractivity contribution in [1.29, 1.82) is 0 Å². The summed E-state index contributed by atoms with van der Waals surface area (Å²) >= 11 is 0. The van der Waals surface area contributed by atoms with E-state index >= 15 is 0 Å². The highest BCUT2D eigenvalue weighted by atomic mass is 32.2. The molecule has 15 heteroatoms. The maximum atomic E-state index is 12.9. The maximum absolute atomic E-state index is 12.9. The van der Waals surface area contributed by atoms with Crippen molar-refractivity contribution in [2.45, 2.75) is 76.9 Å². The summed E-state index contributed by atoms with van der Waals surface area (Å²) in [4.78, 5) is 62.9. The maximum Gasteiger partial charge on any atom is 0.330 e. The minimum absolute atomic E-state index is 0.0974. The standard InChI is InChI=1S/C20H29N3O11S/c1-9-8-23(19(28)21-16(9)26)17-15(33-11(3)25)14(32-10(2)24)13(34-17)12(18(27)31-7)22-35(29,30)20(4,5)6/h8,12-15,17,22H,1-7H3,(H,21,26,28)/t12-,13+,14+,15+,17+/m0/s1. The molecule has 2 N–H and O–H groups in total. The van der Waals surface area contributed by atoms with E-state index in [0.717, 1.165) is 31.7 Å². The first-order chi connectivity index (χ1) is 16.0. The number of nitrogens with one attached hydrogen (secondary N) is 2. The summed E-state index contributed by atoms with van der Waals surface area (Å²) in [5.41, 5.74) is -1.53. The molecule has 1 aliphatic rings. The van der Waals surface area contributed by atoms with Gasteiger partial charge in [0.25, 0.3) is 5.56 Å². The summed E-state index contributed by atoms with van der Waals surface area (Å²) in [5, 5.41) is 0. The number of hydrogen-bond acceptors (Lipinski definition) is 11. The first-order valence-electron chi connectivity index (χ1n) is 10.4. The summed E-state index contributed by atoms with van der Waals surface area (Å²) in [5.74, 6) is -2.80. The van der Waals surface area contributed by atoms with Gasteiger partial charge in [-0.2, -0.15) is 4.72 Å². The lowest BCUT2D eigenvalue weighted by atomic mass is 10.0. The number of aryl methyl sites for hydroxylation is 1. The molecule has 196 valence electrons. The molecule has 0 spiro atoms.